The van der Waals surface area contributed by atoms with Crippen molar-refractivity contribution < 1.29 is 33.3 Å². The number of hydrogen-bond donors (Lipinski definition) is 1. The lowest BCUT2D eigenvalue weighted by Gasteiger charge is -2.35. The van der Waals surface area contributed by atoms with E-state index in [1.165, 1.54) is 7.11 Å². The van der Waals surface area contributed by atoms with Crippen LogP contribution in [0.5, 0.6) is 17.2 Å². The fraction of sp³-hybridized carbons (Fsp3) is 0.500. The third-order valence-corrected chi connectivity index (χ3v) is 6.22. The average molecular weight is 415 g/mol. The Kier molecular flexibility index (Phi) is 5.04. The molecular weight excluding hydrogens is 390 g/mol. The molecule has 0 bridgehead atoms. The maximum absolute atomic E-state index is 11.6. The molecule has 2 aromatic rings. The number of carbonyl (C=O) groups excluding carboxylic acids is 1. The minimum atomic E-state index is -0.508. The van der Waals surface area contributed by atoms with E-state index in [1.807, 2.05) is 24.3 Å². The van der Waals surface area contributed by atoms with Crippen molar-refractivity contribution in [2.45, 2.75) is 31.6 Å². The molecule has 1 saturated heterocycles. The fourth-order valence-corrected chi connectivity index (χ4v) is 4.76. The second kappa shape index (κ2) is 7.85. The summed E-state index contributed by atoms with van der Waals surface area (Å²) in [6.45, 7) is 2.66. The quantitative estimate of drug-likeness (QED) is 0.745. The average Bonchev–Trinajstić information content (AvgIpc) is 3.47. The zero-order valence-corrected chi connectivity index (χ0v) is 16.8. The summed E-state index contributed by atoms with van der Waals surface area (Å²) in [5.41, 5.74) is 0. The van der Waals surface area contributed by atoms with Gasteiger partial charge in [-0.15, -0.1) is 0 Å². The van der Waals surface area contributed by atoms with Crippen molar-refractivity contribution in [1.29, 1.82) is 0 Å². The second-order valence-electron chi connectivity index (χ2n) is 8.18. The van der Waals surface area contributed by atoms with Crippen molar-refractivity contribution in [3.8, 4) is 17.2 Å². The number of furan rings is 1. The molecule has 30 heavy (non-hydrogen) atoms. The zero-order chi connectivity index (χ0) is 20.7. The van der Waals surface area contributed by atoms with E-state index < -0.39 is 12.1 Å². The first-order valence-electron chi connectivity index (χ1n) is 10.2. The Hall–Kier alpha value is -2.71. The summed E-state index contributed by atoms with van der Waals surface area (Å²) in [6, 6.07) is 8.96. The van der Waals surface area contributed by atoms with Gasteiger partial charge in [-0.25, -0.2) is 4.79 Å². The molecule has 2 aliphatic heterocycles. The number of ether oxygens (including phenoxy) is 4. The number of hydrogen-bond acceptors (Lipinski definition) is 8. The largest absolute Gasteiger partial charge is 0.488 e. The van der Waals surface area contributed by atoms with E-state index in [0.717, 1.165) is 25.3 Å². The summed E-state index contributed by atoms with van der Waals surface area (Å²) in [6.07, 6.45) is 0.747. The monoisotopic (exact) mass is 415 g/mol. The molecule has 0 amide bonds. The highest BCUT2D eigenvalue weighted by Crippen LogP contribution is 2.40. The van der Waals surface area contributed by atoms with Crippen LogP contribution in [0.25, 0.3) is 0 Å². The van der Waals surface area contributed by atoms with Crippen LogP contribution in [0, 0.1) is 11.8 Å². The van der Waals surface area contributed by atoms with Crippen LogP contribution in [-0.2, 0) is 11.3 Å². The maximum atomic E-state index is 11.6. The lowest BCUT2D eigenvalue weighted by molar-refractivity contribution is -0.0232. The molecule has 1 saturated carbocycles. The van der Waals surface area contributed by atoms with Crippen LogP contribution in [0.3, 0.4) is 0 Å². The number of likely N-dealkylation sites (tertiary alicyclic amines) is 1. The van der Waals surface area contributed by atoms with E-state index in [9.17, 15) is 9.90 Å². The van der Waals surface area contributed by atoms with Crippen molar-refractivity contribution in [2.75, 3.05) is 27.0 Å². The Bertz CT molecular complexity index is 926. The summed E-state index contributed by atoms with van der Waals surface area (Å²) < 4.78 is 27.2. The number of rotatable bonds is 5. The molecule has 1 N–H and O–H groups in total. The van der Waals surface area contributed by atoms with Crippen LogP contribution in [0.1, 0.15) is 29.2 Å². The van der Waals surface area contributed by atoms with Crippen molar-refractivity contribution >= 4 is 5.97 Å². The number of carbonyl (C=O) groups is 1. The van der Waals surface area contributed by atoms with Crippen LogP contribution < -0.4 is 14.2 Å². The molecule has 8 nitrogen and oxygen atoms in total. The topological polar surface area (TPSA) is 90.6 Å². The summed E-state index contributed by atoms with van der Waals surface area (Å²) in [4.78, 5) is 13.9. The molecule has 0 spiro atoms. The van der Waals surface area contributed by atoms with Gasteiger partial charge >= 0.3 is 5.97 Å². The Labute approximate surface area is 174 Å². The van der Waals surface area contributed by atoms with Gasteiger partial charge in [0.15, 0.2) is 11.5 Å². The Morgan fingerprint density at radius 1 is 1.13 bits per heavy atom. The number of fused-ring (bicyclic) bond motifs is 2. The lowest BCUT2D eigenvalue weighted by Crippen LogP contribution is -2.42. The number of methoxy groups -OCH3 is 1. The van der Waals surface area contributed by atoms with E-state index in [0.29, 0.717) is 42.0 Å². The first-order chi connectivity index (χ1) is 14.6. The molecule has 0 unspecified atom stereocenters. The zero-order valence-electron chi connectivity index (χ0n) is 16.8. The molecule has 1 aromatic heterocycles. The van der Waals surface area contributed by atoms with Crippen LogP contribution in [0.2, 0.25) is 0 Å². The van der Waals surface area contributed by atoms with Crippen molar-refractivity contribution in [3.63, 3.8) is 0 Å². The van der Waals surface area contributed by atoms with Gasteiger partial charge in [0.25, 0.3) is 0 Å². The van der Waals surface area contributed by atoms with Gasteiger partial charge in [-0.3, -0.25) is 4.90 Å². The number of aliphatic hydroxyl groups excluding tert-OH is 1. The maximum Gasteiger partial charge on any atom is 0.373 e. The lowest BCUT2D eigenvalue weighted by atomic mass is 9.78. The van der Waals surface area contributed by atoms with Gasteiger partial charge in [0, 0.05) is 19.2 Å². The minimum absolute atomic E-state index is 0.219. The summed E-state index contributed by atoms with van der Waals surface area (Å²) in [5, 5.41) is 10.7. The van der Waals surface area contributed by atoms with E-state index >= 15 is 0 Å². The molecule has 3 aliphatic rings. The SMILES string of the molecule is COC(=O)c1ccc(CN2C[C@H]3C[C@@H](Oc4ccc5c(c4)OCO5)[C@H](O)C[C@H]3C2)o1. The molecule has 1 aromatic carbocycles. The first-order valence-corrected chi connectivity index (χ1v) is 10.2. The highest BCUT2D eigenvalue weighted by atomic mass is 16.7. The van der Waals surface area contributed by atoms with E-state index in [-0.39, 0.29) is 18.7 Å². The Morgan fingerprint density at radius 3 is 2.77 bits per heavy atom. The van der Waals surface area contributed by atoms with Gasteiger partial charge in [0.2, 0.25) is 12.6 Å². The van der Waals surface area contributed by atoms with E-state index in [4.69, 9.17) is 23.4 Å². The molecular formula is C22H25NO7. The van der Waals surface area contributed by atoms with Gasteiger partial charge in [0.05, 0.1) is 19.8 Å². The molecule has 0 radical (unpaired) electrons. The predicted octanol–water partition coefficient (Wildman–Crippen LogP) is 2.45. The number of aliphatic hydroxyl groups is 1. The summed E-state index contributed by atoms with van der Waals surface area (Å²) >= 11 is 0. The van der Waals surface area contributed by atoms with Gasteiger partial charge < -0.3 is 28.5 Å². The highest BCUT2D eigenvalue weighted by molar-refractivity contribution is 5.86. The molecule has 2 fully saturated rings. The van der Waals surface area contributed by atoms with Crippen LogP contribution in [0.15, 0.2) is 34.7 Å². The van der Waals surface area contributed by atoms with Crippen molar-refractivity contribution in [1.82, 2.24) is 4.90 Å². The molecule has 8 heteroatoms. The fourth-order valence-electron chi connectivity index (χ4n) is 4.76. The second-order valence-corrected chi connectivity index (χ2v) is 8.18. The van der Waals surface area contributed by atoms with Gasteiger partial charge in [-0.05, 0) is 48.9 Å². The number of esters is 1. The summed E-state index contributed by atoms with van der Waals surface area (Å²) in [7, 11) is 1.34. The number of benzene rings is 1. The smallest absolute Gasteiger partial charge is 0.373 e. The molecule has 4 atom stereocenters. The van der Waals surface area contributed by atoms with E-state index in [2.05, 4.69) is 4.90 Å². The van der Waals surface area contributed by atoms with E-state index in [1.54, 1.807) is 6.07 Å². The van der Waals surface area contributed by atoms with Gasteiger partial charge in [-0.2, -0.15) is 0 Å². The Morgan fingerprint density at radius 2 is 1.93 bits per heavy atom. The third-order valence-electron chi connectivity index (χ3n) is 6.22. The third kappa shape index (κ3) is 3.73. The normalized spacial score (nSPS) is 27.7. The van der Waals surface area contributed by atoms with Gasteiger partial charge in [0.1, 0.15) is 17.6 Å². The standard InChI is InChI=1S/C22H25NO7/c1-26-22(25)19-5-3-16(30-19)11-23-9-13-6-17(24)20(7-14(13)10-23)29-15-2-4-18-21(8-15)28-12-27-18/h2-5,8,13-14,17,20,24H,6-7,9-12H2,1H3/t13-,14+,17+,20+/m0/s1. The van der Waals surface area contributed by atoms with Gasteiger partial charge in [-0.1, -0.05) is 0 Å². The van der Waals surface area contributed by atoms with Crippen molar-refractivity contribution in [3.05, 3.63) is 41.9 Å². The van der Waals surface area contributed by atoms with Crippen LogP contribution in [-0.4, -0.2) is 55.2 Å². The number of nitrogens with zero attached hydrogens (tertiary/aromatic N) is 1. The van der Waals surface area contributed by atoms with Crippen LogP contribution >= 0.6 is 0 Å². The summed E-state index contributed by atoms with van der Waals surface area (Å²) in [5.74, 6) is 3.43. The highest BCUT2D eigenvalue weighted by Gasteiger charge is 2.42. The molecule has 1 aliphatic carbocycles. The van der Waals surface area contributed by atoms with Crippen molar-refractivity contribution in [2.24, 2.45) is 11.8 Å². The molecule has 160 valence electrons. The molecule has 3 heterocycles. The predicted molar refractivity (Wildman–Crippen MR) is 105 cm³/mol. The Balaban J connectivity index is 1.20. The molecule has 5 rings (SSSR count). The minimum Gasteiger partial charge on any atom is -0.488 e. The first kappa shape index (κ1) is 19.3. The van der Waals surface area contributed by atoms with Crippen LogP contribution in [0.4, 0.5) is 0 Å².